The molecule has 4 aromatic carbocycles. The van der Waals surface area contributed by atoms with Crippen molar-refractivity contribution in [1.29, 1.82) is 0 Å². The van der Waals surface area contributed by atoms with Gasteiger partial charge in [-0.15, -0.1) is 30.0 Å². The Labute approximate surface area is 181 Å². The molecule has 0 radical (unpaired) electrons. The van der Waals surface area contributed by atoms with Gasteiger partial charge in [0.25, 0.3) is 0 Å². The summed E-state index contributed by atoms with van der Waals surface area (Å²) in [5, 5.41) is 39.9. The van der Waals surface area contributed by atoms with Gasteiger partial charge in [-0.2, -0.15) is 0 Å². The topological polar surface area (TPSA) is 102 Å². The number of para-hydroxylation sites is 2. The number of rotatable bonds is 3. The van der Waals surface area contributed by atoms with E-state index in [1.807, 2.05) is 48.5 Å². The van der Waals surface area contributed by atoms with Crippen molar-refractivity contribution in [2.24, 2.45) is 0 Å². The minimum Gasteiger partial charge on any atom is -0.505 e. The van der Waals surface area contributed by atoms with Crippen molar-refractivity contribution in [3.05, 3.63) is 84.9 Å². The Morgan fingerprint density at radius 1 is 0.438 bits per heavy atom. The lowest BCUT2D eigenvalue weighted by atomic mass is 10.0. The van der Waals surface area contributed by atoms with Gasteiger partial charge in [-0.05, 0) is 36.4 Å². The van der Waals surface area contributed by atoms with E-state index in [2.05, 4.69) is 20.4 Å². The molecule has 8 nitrogen and oxygen atoms in total. The van der Waals surface area contributed by atoms with E-state index in [0.717, 1.165) is 22.1 Å². The lowest BCUT2D eigenvalue weighted by Gasteiger charge is -2.12. The minimum absolute atomic E-state index is 0.0427. The molecule has 0 fully saturated rings. The molecular formula is C24H16N6O2. The second kappa shape index (κ2) is 6.92. The van der Waals surface area contributed by atoms with Crippen LogP contribution in [0.5, 0.6) is 11.5 Å². The molecule has 32 heavy (non-hydrogen) atoms. The van der Waals surface area contributed by atoms with E-state index in [-0.39, 0.29) is 11.5 Å². The number of phenolic OH excluding ortho intramolecular Hbond substituents is 2. The fraction of sp³-hybridized carbons (Fsp3) is 0. The largest absolute Gasteiger partial charge is 0.505 e. The predicted molar refractivity (Wildman–Crippen MR) is 120 cm³/mol. The molecule has 0 bridgehead atoms. The fourth-order valence-electron chi connectivity index (χ4n) is 3.76. The summed E-state index contributed by atoms with van der Waals surface area (Å²) >= 11 is 0. The highest BCUT2D eigenvalue weighted by molar-refractivity contribution is 5.82. The van der Waals surface area contributed by atoms with Crippen LogP contribution in [0.25, 0.3) is 44.6 Å². The maximum absolute atomic E-state index is 11.1. The van der Waals surface area contributed by atoms with Gasteiger partial charge < -0.3 is 10.2 Å². The van der Waals surface area contributed by atoms with E-state index in [9.17, 15) is 10.2 Å². The van der Waals surface area contributed by atoms with Crippen LogP contribution in [0, 0.1) is 0 Å². The Morgan fingerprint density at radius 3 is 1.12 bits per heavy atom. The third kappa shape index (κ3) is 2.78. The number of phenols is 2. The number of benzene rings is 4. The zero-order valence-electron chi connectivity index (χ0n) is 16.7. The number of hydrogen-bond acceptors (Lipinski definition) is 6. The first-order chi connectivity index (χ1) is 15.7. The summed E-state index contributed by atoms with van der Waals surface area (Å²) in [6, 6.07) is 25.4. The van der Waals surface area contributed by atoms with Gasteiger partial charge in [0.2, 0.25) is 0 Å². The second-order valence-corrected chi connectivity index (χ2v) is 7.30. The Bertz CT molecular complexity index is 1430. The van der Waals surface area contributed by atoms with Crippen LogP contribution in [-0.4, -0.2) is 40.2 Å². The number of aromatic hydroxyl groups is 2. The summed E-state index contributed by atoms with van der Waals surface area (Å²) in [6.07, 6.45) is 0. The van der Waals surface area contributed by atoms with E-state index in [1.165, 1.54) is 9.59 Å². The molecule has 0 aliphatic rings. The molecular weight excluding hydrogens is 404 g/mol. The quantitative estimate of drug-likeness (QED) is 0.444. The van der Waals surface area contributed by atoms with E-state index >= 15 is 0 Å². The smallest absolute Gasteiger partial charge is 0.151 e. The normalized spacial score (nSPS) is 11.4. The van der Waals surface area contributed by atoms with Gasteiger partial charge >= 0.3 is 0 Å². The third-order valence-corrected chi connectivity index (χ3v) is 5.32. The van der Waals surface area contributed by atoms with Crippen LogP contribution in [0.1, 0.15) is 0 Å². The number of hydrogen-bond donors (Lipinski definition) is 2. The Balaban J connectivity index is 1.49. The van der Waals surface area contributed by atoms with Gasteiger partial charge in [-0.1, -0.05) is 48.5 Å². The van der Waals surface area contributed by atoms with Crippen LogP contribution in [0.3, 0.4) is 0 Å². The first-order valence-corrected chi connectivity index (χ1v) is 9.98. The summed E-state index contributed by atoms with van der Waals surface area (Å²) in [4.78, 5) is 2.79. The molecule has 2 aromatic heterocycles. The van der Waals surface area contributed by atoms with Crippen LogP contribution in [0.2, 0.25) is 0 Å². The van der Waals surface area contributed by atoms with Crippen LogP contribution in [-0.2, 0) is 0 Å². The summed E-state index contributed by atoms with van der Waals surface area (Å²) in [7, 11) is 0. The first kappa shape index (κ1) is 18.1. The van der Waals surface area contributed by atoms with Crippen molar-refractivity contribution in [2.75, 3.05) is 0 Å². The van der Waals surface area contributed by atoms with Gasteiger partial charge in [-0.25, -0.2) is 0 Å². The van der Waals surface area contributed by atoms with E-state index in [1.54, 1.807) is 36.4 Å². The standard InChI is InChI=1S/C24H16N6O2/c31-23-15(7-5-13-21(23)29-25-17-9-1-2-10-18(17)26-29)16-8-6-14-22(24(16)32)30-27-19-11-3-4-12-20(19)28-30/h1-14,31-32H. The Hall–Kier alpha value is -4.72. The first-order valence-electron chi connectivity index (χ1n) is 9.98. The molecule has 2 N–H and O–H groups in total. The molecule has 0 spiro atoms. The number of fused-ring (bicyclic) bond motifs is 2. The van der Waals surface area contributed by atoms with Crippen molar-refractivity contribution in [2.45, 2.75) is 0 Å². The SMILES string of the molecule is Oc1c(-c2cccc(-n3nc4ccccc4n3)c2O)cccc1-n1nc2ccccc2n1. The predicted octanol–water partition coefficient (Wildman–Crippen LogP) is 4.23. The van der Waals surface area contributed by atoms with E-state index in [0.29, 0.717) is 22.5 Å². The molecule has 0 atom stereocenters. The second-order valence-electron chi connectivity index (χ2n) is 7.30. The molecule has 0 aliphatic heterocycles. The molecule has 154 valence electrons. The van der Waals surface area contributed by atoms with Crippen molar-refractivity contribution in [3.8, 4) is 34.0 Å². The van der Waals surface area contributed by atoms with Gasteiger partial charge in [0.1, 0.15) is 33.4 Å². The van der Waals surface area contributed by atoms with E-state index < -0.39 is 0 Å². The summed E-state index contributed by atoms with van der Waals surface area (Å²) in [6.45, 7) is 0. The highest BCUT2D eigenvalue weighted by Crippen LogP contribution is 2.40. The lowest BCUT2D eigenvalue weighted by molar-refractivity contribution is 0.461. The van der Waals surface area contributed by atoms with Crippen molar-refractivity contribution in [3.63, 3.8) is 0 Å². The molecule has 6 rings (SSSR count). The van der Waals surface area contributed by atoms with Gasteiger partial charge in [0, 0.05) is 11.1 Å². The summed E-state index contributed by atoms with van der Waals surface area (Å²) in [5.74, 6) is -0.0855. The monoisotopic (exact) mass is 420 g/mol. The van der Waals surface area contributed by atoms with Crippen molar-refractivity contribution < 1.29 is 10.2 Å². The molecule has 0 amide bonds. The number of nitrogens with zero attached hydrogens (tertiary/aromatic N) is 6. The van der Waals surface area contributed by atoms with Crippen LogP contribution < -0.4 is 0 Å². The van der Waals surface area contributed by atoms with Gasteiger partial charge in [0.15, 0.2) is 11.5 Å². The molecule has 0 saturated carbocycles. The average Bonchev–Trinajstić information content (AvgIpc) is 3.44. The maximum Gasteiger partial charge on any atom is 0.151 e. The summed E-state index contributed by atoms with van der Waals surface area (Å²) in [5.41, 5.74) is 4.59. The van der Waals surface area contributed by atoms with E-state index in [4.69, 9.17) is 0 Å². The average molecular weight is 420 g/mol. The van der Waals surface area contributed by atoms with Crippen LogP contribution in [0.4, 0.5) is 0 Å². The highest BCUT2D eigenvalue weighted by atomic mass is 16.3. The van der Waals surface area contributed by atoms with Gasteiger partial charge in [-0.3, -0.25) is 0 Å². The maximum atomic E-state index is 11.1. The number of aromatic nitrogens is 6. The van der Waals surface area contributed by atoms with Crippen molar-refractivity contribution >= 4 is 22.1 Å². The molecule has 6 aromatic rings. The zero-order valence-corrected chi connectivity index (χ0v) is 16.7. The molecule has 0 unspecified atom stereocenters. The third-order valence-electron chi connectivity index (χ3n) is 5.32. The lowest BCUT2D eigenvalue weighted by Crippen LogP contribution is -2.01. The molecule has 2 heterocycles. The van der Waals surface area contributed by atoms with Crippen molar-refractivity contribution in [1.82, 2.24) is 30.0 Å². The van der Waals surface area contributed by atoms with Gasteiger partial charge in [0.05, 0.1) is 0 Å². The Morgan fingerprint density at radius 2 is 0.781 bits per heavy atom. The minimum atomic E-state index is -0.0427. The van der Waals surface area contributed by atoms with Crippen LogP contribution in [0.15, 0.2) is 84.9 Å². The molecule has 0 saturated heterocycles. The molecule has 8 heteroatoms. The highest BCUT2D eigenvalue weighted by Gasteiger charge is 2.18. The zero-order chi connectivity index (χ0) is 21.7. The summed E-state index contributed by atoms with van der Waals surface area (Å²) < 4.78 is 0. The Kier molecular flexibility index (Phi) is 3.91. The molecule has 0 aliphatic carbocycles. The van der Waals surface area contributed by atoms with Crippen LogP contribution >= 0.6 is 0 Å². The fourth-order valence-corrected chi connectivity index (χ4v) is 3.76.